The van der Waals surface area contributed by atoms with Crippen LogP contribution in [0.25, 0.3) is 83.6 Å². The van der Waals surface area contributed by atoms with Gasteiger partial charge in [0.05, 0.1) is 22.2 Å². The number of rotatable bonds is 5. The van der Waals surface area contributed by atoms with Crippen LogP contribution in [0, 0.1) is 12.9 Å². The second kappa shape index (κ2) is 12.4. The summed E-state index contributed by atoms with van der Waals surface area (Å²) >= 11 is 0. The van der Waals surface area contributed by atoms with E-state index in [0.29, 0.717) is 33.8 Å². The van der Waals surface area contributed by atoms with Gasteiger partial charge in [-0.25, -0.2) is 4.98 Å². The molecule has 0 radical (unpaired) electrons. The zero-order valence-corrected chi connectivity index (χ0v) is 28.1. The standard InChI is InChI=1S/C43H28N3O2.Pt/c1-27-18-20-28(21-19-27)29-22-23-44-37(26-29)36-25-30(24-35-33-12-6-8-17-40(33)48-42(35)36)32-14-9-15-38-41(32)45-43(34-13-5-7-16-39(34)47)46(38)31-10-3-2-4-11-31;/h2-24,26,47H,1H3;/q-1;/i1D3;. The van der Waals surface area contributed by atoms with Crippen molar-refractivity contribution in [2.45, 2.75) is 6.85 Å². The maximum absolute atomic E-state index is 11.0. The Morgan fingerprint density at radius 2 is 1.51 bits per heavy atom. The van der Waals surface area contributed by atoms with Crippen LogP contribution in [0.3, 0.4) is 0 Å². The Bertz CT molecular complexity index is 2760. The zero-order chi connectivity index (χ0) is 34.7. The van der Waals surface area contributed by atoms with Crippen LogP contribution in [0.5, 0.6) is 5.75 Å². The van der Waals surface area contributed by atoms with Crippen LogP contribution >= 0.6 is 0 Å². The van der Waals surface area contributed by atoms with Crippen molar-refractivity contribution in [3.05, 3.63) is 157 Å². The minimum atomic E-state index is -2.17. The molecule has 238 valence electrons. The first-order chi connectivity index (χ1) is 24.8. The SMILES string of the molecule is [2H]C([2H])([2H])c1ccc(-c2ccnc(-c3[c-]c(-c4cccc5c4nc(-c4ccccc4O)n5-c4ccccc4)cc4c3oc3ccccc34)c2)cc1.[Pt]. The van der Waals surface area contributed by atoms with Crippen LogP contribution in [-0.2, 0) is 21.1 Å². The van der Waals surface area contributed by atoms with Gasteiger partial charge >= 0.3 is 0 Å². The van der Waals surface area contributed by atoms with Crippen molar-refractivity contribution < 1.29 is 34.7 Å². The molecular weight excluding hydrogens is 786 g/mol. The van der Waals surface area contributed by atoms with Crippen LogP contribution in [0.4, 0.5) is 0 Å². The van der Waals surface area contributed by atoms with Gasteiger partial charge in [-0.3, -0.25) is 9.55 Å². The normalized spacial score (nSPS) is 12.4. The van der Waals surface area contributed by atoms with Crippen LogP contribution in [-0.4, -0.2) is 19.6 Å². The molecule has 0 unspecified atom stereocenters. The number of aromatic hydroxyl groups is 1. The number of imidazole rings is 1. The summed E-state index contributed by atoms with van der Waals surface area (Å²) in [4.78, 5) is 10.00. The fourth-order valence-corrected chi connectivity index (χ4v) is 6.50. The van der Waals surface area contributed by atoms with E-state index in [1.54, 1.807) is 30.5 Å². The van der Waals surface area contributed by atoms with E-state index in [0.717, 1.165) is 55.3 Å². The molecular formula is C43H28N3O2Pt-. The number of hydrogen-bond acceptors (Lipinski definition) is 4. The number of pyridine rings is 1. The van der Waals surface area contributed by atoms with Crippen LogP contribution < -0.4 is 0 Å². The van der Waals surface area contributed by atoms with E-state index in [1.165, 1.54) is 0 Å². The van der Waals surface area contributed by atoms with Gasteiger partial charge in [0.1, 0.15) is 17.2 Å². The molecule has 0 saturated carbocycles. The first kappa shape index (κ1) is 27.2. The number of hydrogen-bond donors (Lipinski definition) is 1. The van der Waals surface area contributed by atoms with Gasteiger partial charge < -0.3 is 9.52 Å². The molecule has 0 saturated heterocycles. The second-order valence-corrected chi connectivity index (χ2v) is 11.7. The zero-order valence-electron chi connectivity index (χ0n) is 28.9. The molecule has 0 aliphatic carbocycles. The number of aryl methyl sites for hydroxylation is 1. The smallest absolute Gasteiger partial charge is 0.148 e. The van der Waals surface area contributed by atoms with Crippen LogP contribution in [0.2, 0.25) is 0 Å². The quantitative estimate of drug-likeness (QED) is 0.176. The number of phenolic OH excluding ortho intramolecular Hbond substituents is 1. The second-order valence-electron chi connectivity index (χ2n) is 11.7. The summed E-state index contributed by atoms with van der Waals surface area (Å²) in [5, 5.41) is 12.8. The summed E-state index contributed by atoms with van der Waals surface area (Å²) in [5.74, 6) is 0.765. The number of furan rings is 1. The topological polar surface area (TPSA) is 64.1 Å². The summed E-state index contributed by atoms with van der Waals surface area (Å²) in [6, 6.07) is 47.9. The number of aromatic nitrogens is 3. The number of fused-ring (bicyclic) bond motifs is 4. The molecule has 1 N–H and O–H groups in total. The van der Waals surface area contributed by atoms with Crippen LogP contribution in [0.1, 0.15) is 9.68 Å². The Kier molecular flexibility index (Phi) is 6.86. The van der Waals surface area contributed by atoms with E-state index < -0.39 is 6.85 Å². The van der Waals surface area contributed by atoms with Gasteiger partial charge in [0.2, 0.25) is 0 Å². The minimum absolute atomic E-state index is 0. The maximum Gasteiger partial charge on any atom is 0.148 e. The first-order valence-corrected chi connectivity index (χ1v) is 15.6. The molecule has 0 bridgehead atoms. The van der Waals surface area contributed by atoms with Crippen molar-refractivity contribution in [1.29, 1.82) is 0 Å². The van der Waals surface area contributed by atoms with Crippen molar-refractivity contribution in [1.82, 2.24) is 14.5 Å². The molecule has 0 aliphatic rings. The molecule has 0 fully saturated rings. The van der Waals surface area contributed by atoms with E-state index in [2.05, 4.69) is 16.7 Å². The fraction of sp³-hybridized carbons (Fsp3) is 0.0233. The molecule has 3 aromatic heterocycles. The molecule has 6 heteroatoms. The number of phenols is 1. The third-order valence-electron chi connectivity index (χ3n) is 8.78. The summed E-state index contributed by atoms with van der Waals surface area (Å²) in [6.07, 6.45) is 1.75. The van der Waals surface area contributed by atoms with E-state index in [9.17, 15) is 5.11 Å². The first-order valence-electron chi connectivity index (χ1n) is 17.1. The van der Waals surface area contributed by atoms with Crippen molar-refractivity contribution in [2.75, 3.05) is 0 Å². The Labute approximate surface area is 301 Å². The van der Waals surface area contributed by atoms with Crippen molar-refractivity contribution in [2.24, 2.45) is 0 Å². The Hall–Kier alpha value is -5.77. The van der Waals surface area contributed by atoms with Crippen LogP contribution in [0.15, 0.2) is 150 Å². The third-order valence-corrected chi connectivity index (χ3v) is 8.78. The Balaban J connectivity index is 0.00000387. The molecule has 9 rings (SSSR count). The van der Waals surface area contributed by atoms with Gasteiger partial charge in [-0.05, 0) is 65.8 Å². The molecule has 0 aliphatic heterocycles. The molecule has 0 atom stereocenters. The summed E-state index contributed by atoms with van der Waals surface area (Å²) in [5.41, 5.74) is 9.68. The van der Waals surface area contributed by atoms with Crippen molar-refractivity contribution >= 4 is 33.0 Å². The van der Waals surface area contributed by atoms with Crippen molar-refractivity contribution in [3.63, 3.8) is 0 Å². The summed E-state index contributed by atoms with van der Waals surface area (Å²) in [7, 11) is 0. The Morgan fingerprint density at radius 1 is 0.735 bits per heavy atom. The summed E-state index contributed by atoms with van der Waals surface area (Å²) in [6.45, 7) is -2.17. The number of para-hydroxylation sites is 4. The van der Waals surface area contributed by atoms with Gasteiger partial charge in [0, 0.05) is 48.1 Å². The van der Waals surface area contributed by atoms with Gasteiger partial charge in [-0.2, -0.15) is 0 Å². The third kappa shape index (κ3) is 5.24. The van der Waals surface area contributed by atoms with Gasteiger partial charge in [0.15, 0.2) is 0 Å². The van der Waals surface area contributed by atoms with E-state index in [1.807, 2.05) is 109 Å². The predicted octanol–water partition coefficient (Wildman–Crippen LogP) is 10.8. The molecule has 9 aromatic rings. The van der Waals surface area contributed by atoms with Gasteiger partial charge in [-0.15, -0.1) is 17.7 Å². The average Bonchev–Trinajstić information content (AvgIpc) is 3.74. The molecule has 6 aromatic carbocycles. The van der Waals surface area contributed by atoms with Gasteiger partial charge in [-0.1, -0.05) is 108 Å². The average molecular weight is 817 g/mol. The Morgan fingerprint density at radius 3 is 2.35 bits per heavy atom. The fourth-order valence-electron chi connectivity index (χ4n) is 6.50. The monoisotopic (exact) mass is 816 g/mol. The summed E-state index contributed by atoms with van der Waals surface area (Å²) < 4.78 is 31.8. The van der Waals surface area contributed by atoms with E-state index in [-0.39, 0.29) is 26.8 Å². The maximum atomic E-state index is 11.0. The molecule has 5 nitrogen and oxygen atoms in total. The molecule has 0 spiro atoms. The van der Waals surface area contributed by atoms with Gasteiger partial charge in [0.25, 0.3) is 0 Å². The molecule has 0 amide bonds. The van der Waals surface area contributed by atoms with E-state index >= 15 is 0 Å². The largest absolute Gasteiger partial charge is 0.507 e. The van der Waals surface area contributed by atoms with Crippen molar-refractivity contribution in [3.8, 4) is 56.3 Å². The van der Waals surface area contributed by atoms with E-state index in [4.69, 9.17) is 18.5 Å². The number of benzene rings is 6. The molecule has 3 heterocycles. The predicted molar refractivity (Wildman–Crippen MR) is 193 cm³/mol. The minimum Gasteiger partial charge on any atom is -0.507 e. The molecule has 49 heavy (non-hydrogen) atoms. The number of nitrogens with zero attached hydrogens (tertiary/aromatic N) is 3.